The van der Waals surface area contributed by atoms with Crippen LogP contribution in [0.3, 0.4) is 0 Å². The molecule has 2 aromatic carbocycles. The highest BCUT2D eigenvalue weighted by molar-refractivity contribution is 9.10. The Morgan fingerprint density at radius 1 is 1.21 bits per heavy atom. The minimum atomic E-state index is -0.392. The van der Waals surface area contributed by atoms with Crippen LogP contribution in [-0.2, 0) is 0 Å². The third-order valence-corrected chi connectivity index (χ3v) is 5.61. The van der Waals surface area contributed by atoms with E-state index < -0.39 is 6.04 Å². The molecule has 3 N–H and O–H groups in total. The highest BCUT2D eigenvalue weighted by Crippen LogP contribution is 2.45. The number of hydrogen-bond acceptors (Lipinski definition) is 4. The Morgan fingerprint density at radius 3 is 2.57 bits per heavy atom. The zero-order chi connectivity index (χ0) is 20.0. The van der Waals surface area contributed by atoms with Crippen LogP contribution in [0, 0.1) is 13.8 Å². The average molecular weight is 442 g/mol. The maximum absolute atomic E-state index is 13.0. The van der Waals surface area contributed by atoms with Crippen molar-refractivity contribution in [1.82, 2.24) is 15.1 Å². The molecule has 1 aromatic heterocycles. The molecular weight excluding hydrogens is 422 g/mol. The van der Waals surface area contributed by atoms with Crippen molar-refractivity contribution in [3.8, 4) is 17.0 Å². The first-order chi connectivity index (χ1) is 13.4. The number of hydrogen-bond donors (Lipinski definition) is 3. The summed E-state index contributed by atoms with van der Waals surface area (Å²) < 4.78 is 0.939. The zero-order valence-corrected chi connectivity index (χ0v) is 17.1. The largest absolute Gasteiger partial charge is 0.507 e. The zero-order valence-electron chi connectivity index (χ0n) is 15.5. The minimum absolute atomic E-state index is 0.134. The number of phenolic OH excluding ortho intramolecular Hbond substituents is 1. The lowest BCUT2D eigenvalue weighted by Crippen LogP contribution is -2.32. The summed E-state index contributed by atoms with van der Waals surface area (Å²) in [6, 6.07) is 11.0. The number of phenols is 1. The molecule has 7 heteroatoms. The average Bonchev–Trinajstić information content (AvgIpc) is 3.16. The van der Waals surface area contributed by atoms with Crippen molar-refractivity contribution < 1.29 is 15.0 Å². The highest BCUT2D eigenvalue weighted by Gasteiger charge is 2.42. The molecular formula is C21H20BrN3O3. The van der Waals surface area contributed by atoms with Gasteiger partial charge in [-0.1, -0.05) is 34.1 Å². The summed E-state index contributed by atoms with van der Waals surface area (Å²) in [4.78, 5) is 14.6. The number of aryl methyl sites for hydroxylation is 2. The lowest BCUT2D eigenvalue weighted by atomic mass is 9.93. The second-order valence-electron chi connectivity index (χ2n) is 7.01. The number of amides is 1. The van der Waals surface area contributed by atoms with Gasteiger partial charge in [-0.05, 0) is 48.7 Å². The Morgan fingerprint density at radius 2 is 1.93 bits per heavy atom. The molecule has 0 spiro atoms. The topological polar surface area (TPSA) is 89.5 Å². The maximum Gasteiger partial charge on any atom is 0.273 e. The van der Waals surface area contributed by atoms with Gasteiger partial charge in [-0.25, -0.2) is 0 Å². The van der Waals surface area contributed by atoms with E-state index in [9.17, 15) is 15.0 Å². The summed E-state index contributed by atoms with van der Waals surface area (Å²) in [6.45, 7) is 3.91. The first kappa shape index (κ1) is 18.7. The number of rotatable bonds is 4. The summed E-state index contributed by atoms with van der Waals surface area (Å²) in [5, 5.41) is 27.4. The maximum atomic E-state index is 13.0. The van der Waals surface area contributed by atoms with Crippen molar-refractivity contribution in [1.29, 1.82) is 0 Å². The summed E-state index contributed by atoms with van der Waals surface area (Å²) in [7, 11) is 0. The summed E-state index contributed by atoms with van der Waals surface area (Å²) in [5.41, 5.74) is 5.05. The van der Waals surface area contributed by atoms with Gasteiger partial charge in [0.1, 0.15) is 17.1 Å². The SMILES string of the molecule is Cc1cc(C)c(-c2n[nH]c3c2[C@H](c2ccc(Br)cc2)N(CCO)C3=O)c(O)c1. The fourth-order valence-corrected chi connectivity index (χ4v) is 4.23. The molecule has 0 aliphatic carbocycles. The first-order valence-electron chi connectivity index (χ1n) is 8.98. The van der Waals surface area contributed by atoms with E-state index in [0.717, 1.165) is 26.7 Å². The number of aromatic nitrogens is 2. The second-order valence-corrected chi connectivity index (χ2v) is 7.93. The minimum Gasteiger partial charge on any atom is -0.507 e. The van der Waals surface area contributed by atoms with Crippen LogP contribution in [-0.4, -0.2) is 44.4 Å². The number of aromatic amines is 1. The van der Waals surface area contributed by atoms with E-state index in [0.29, 0.717) is 17.0 Å². The molecule has 0 fully saturated rings. The molecule has 2 heterocycles. The first-order valence-corrected chi connectivity index (χ1v) is 9.77. The fraction of sp³-hybridized carbons (Fsp3) is 0.238. The van der Waals surface area contributed by atoms with Crippen molar-refractivity contribution >= 4 is 21.8 Å². The molecule has 0 saturated heterocycles. The highest BCUT2D eigenvalue weighted by atomic mass is 79.9. The number of fused-ring (bicyclic) bond motifs is 1. The number of H-pyrrole nitrogens is 1. The van der Waals surface area contributed by atoms with Crippen LogP contribution in [0.4, 0.5) is 0 Å². The van der Waals surface area contributed by atoms with Crippen molar-refractivity contribution in [2.24, 2.45) is 0 Å². The Balaban J connectivity index is 1.94. The van der Waals surface area contributed by atoms with Crippen LogP contribution < -0.4 is 0 Å². The van der Waals surface area contributed by atoms with E-state index in [1.54, 1.807) is 11.0 Å². The molecule has 0 radical (unpaired) electrons. The number of aromatic hydroxyl groups is 1. The van der Waals surface area contributed by atoms with Crippen molar-refractivity contribution in [2.75, 3.05) is 13.2 Å². The number of carbonyl (C=O) groups excluding carboxylic acids is 1. The van der Waals surface area contributed by atoms with Crippen LogP contribution in [0.5, 0.6) is 5.75 Å². The number of benzene rings is 2. The molecule has 1 atom stereocenters. The number of β-amino-alcohol motifs (C(OH)–C–C–N with tert-alkyl or cyclic N) is 1. The Bertz CT molecular complexity index is 1040. The molecule has 1 amide bonds. The predicted molar refractivity (Wildman–Crippen MR) is 109 cm³/mol. The molecule has 1 aliphatic rings. The van der Waals surface area contributed by atoms with Gasteiger partial charge in [0.15, 0.2) is 0 Å². The van der Waals surface area contributed by atoms with Gasteiger partial charge in [-0.15, -0.1) is 0 Å². The summed E-state index contributed by atoms with van der Waals surface area (Å²) in [5.74, 6) is -0.0746. The van der Waals surface area contributed by atoms with E-state index in [2.05, 4.69) is 26.1 Å². The number of halogens is 1. The van der Waals surface area contributed by atoms with E-state index in [1.807, 2.05) is 44.2 Å². The Labute approximate surface area is 171 Å². The lowest BCUT2D eigenvalue weighted by molar-refractivity contribution is 0.0706. The van der Waals surface area contributed by atoms with Crippen molar-refractivity contribution in [2.45, 2.75) is 19.9 Å². The standard InChI is InChI=1S/C21H20BrN3O3/c1-11-9-12(2)16(15(27)10-11)18-17-19(24-23-18)21(28)25(7-8-26)20(17)13-3-5-14(22)6-4-13/h3-6,9-10,20,26-27H,7-8H2,1-2H3,(H,23,24)/t20-/m0/s1. The molecule has 0 unspecified atom stereocenters. The Kier molecular flexibility index (Phi) is 4.72. The van der Waals surface area contributed by atoms with Crippen molar-refractivity contribution in [3.63, 3.8) is 0 Å². The van der Waals surface area contributed by atoms with Gasteiger partial charge in [0.25, 0.3) is 5.91 Å². The monoisotopic (exact) mass is 441 g/mol. The van der Waals surface area contributed by atoms with Gasteiger partial charge < -0.3 is 15.1 Å². The molecule has 4 rings (SSSR count). The third-order valence-electron chi connectivity index (χ3n) is 5.09. The molecule has 144 valence electrons. The third kappa shape index (κ3) is 2.91. The summed E-state index contributed by atoms with van der Waals surface area (Å²) in [6.07, 6.45) is 0. The molecule has 3 aromatic rings. The van der Waals surface area contributed by atoms with Crippen molar-refractivity contribution in [3.05, 3.63) is 68.8 Å². The van der Waals surface area contributed by atoms with Crippen LogP contribution in [0.15, 0.2) is 40.9 Å². The number of carbonyl (C=O) groups is 1. The van der Waals surface area contributed by atoms with Crippen LogP contribution in [0.2, 0.25) is 0 Å². The van der Waals surface area contributed by atoms with Gasteiger partial charge in [0.2, 0.25) is 0 Å². The molecule has 0 bridgehead atoms. The molecule has 28 heavy (non-hydrogen) atoms. The van der Waals surface area contributed by atoms with Crippen LogP contribution in [0.1, 0.15) is 38.8 Å². The molecule has 1 aliphatic heterocycles. The molecule has 6 nitrogen and oxygen atoms in total. The van der Waals surface area contributed by atoms with Crippen LogP contribution >= 0.6 is 15.9 Å². The number of nitrogens with zero attached hydrogens (tertiary/aromatic N) is 2. The quantitative estimate of drug-likeness (QED) is 0.575. The number of aliphatic hydroxyl groups is 1. The second kappa shape index (κ2) is 7.07. The normalized spacial score (nSPS) is 15.9. The predicted octanol–water partition coefficient (Wildman–Crippen LogP) is 3.70. The van der Waals surface area contributed by atoms with Gasteiger partial charge in [0, 0.05) is 22.1 Å². The number of nitrogens with one attached hydrogen (secondary N) is 1. The van der Waals surface area contributed by atoms with Gasteiger partial charge in [0.05, 0.1) is 12.6 Å². The Hall–Kier alpha value is -2.64. The summed E-state index contributed by atoms with van der Waals surface area (Å²) >= 11 is 3.44. The van der Waals surface area contributed by atoms with E-state index >= 15 is 0 Å². The van der Waals surface area contributed by atoms with Gasteiger partial charge >= 0.3 is 0 Å². The smallest absolute Gasteiger partial charge is 0.273 e. The van der Waals surface area contributed by atoms with E-state index in [1.165, 1.54) is 0 Å². The van der Waals surface area contributed by atoms with E-state index in [-0.39, 0.29) is 24.8 Å². The molecule has 0 saturated carbocycles. The van der Waals surface area contributed by atoms with Gasteiger partial charge in [-0.3, -0.25) is 9.89 Å². The fourth-order valence-electron chi connectivity index (χ4n) is 3.97. The van der Waals surface area contributed by atoms with E-state index in [4.69, 9.17) is 0 Å². The van der Waals surface area contributed by atoms with Gasteiger partial charge in [-0.2, -0.15) is 5.10 Å². The number of aliphatic hydroxyl groups excluding tert-OH is 1. The lowest BCUT2D eigenvalue weighted by Gasteiger charge is -2.26. The van der Waals surface area contributed by atoms with Crippen LogP contribution in [0.25, 0.3) is 11.3 Å².